The number of benzene rings is 10. The fraction of sp³-hybridized carbons (Fsp3) is 0.0545. The molecule has 0 N–H and O–H groups in total. The molecule has 0 unspecified atom stereocenters. The van der Waals surface area contributed by atoms with E-state index < -0.39 is 0 Å². The predicted octanol–water partition coefficient (Wildman–Crippen LogP) is 15.5. The van der Waals surface area contributed by atoms with E-state index in [0.717, 1.165) is 21.9 Å². The summed E-state index contributed by atoms with van der Waals surface area (Å²) in [7, 11) is 0. The minimum Gasteiger partial charge on any atom is -0.455 e. The van der Waals surface area contributed by atoms with E-state index in [1.807, 2.05) is 0 Å². The van der Waals surface area contributed by atoms with Crippen LogP contribution in [0, 0.1) is 0 Å². The molecule has 0 aliphatic heterocycles. The van der Waals surface area contributed by atoms with Gasteiger partial charge in [0.1, 0.15) is 11.2 Å². The third-order valence-electron chi connectivity index (χ3n) is 12.6. The largest absolute Gasteiger partial charge is 0.455 e. The average molecular weight is 713 g/mol. The first-order valence-electron chi connectivity index (χ1n) is 19.6. The normalized spacial score (nSPS) is 13.3. The summed E-state index contributed by atoms with van der Waals surface area (Å²) in [5.41, 5.74) is 14.3. The van der Waals surface area contributed by atoms with Crippen LogP contribution in [0.5, 0.6) is 0 Å². The summed E-state index contributed by atoms with van der Waals surface area (Å²) in [5.74, 6) is 0. The first-order valence-corrected chi connectivity index (χ1v) is 19.6. The average Bonchev–Trinajstić information content (AvgIpc) is 3.74. The van der Waals surface area contributed by atoms with Gasteiger partial charge in [-0.1, -0.05) is 172 Å². The monoisotopic (exact) mass is 712 g/mol. The van der Waals surface area contributed by atoms with Crippen molar-refractivity contribution in [3.8, 4) is 44.5 Å². The summed E-state index contributed by atoms with van der Waals surface area (Å²) in [5, 5.41) is 12.1. The van der Waals surface area contributed by atoms with Crippen molar-refractivity contribution >= 4 is 65.0 Å². The molecule has 56 heavy (non-hydrogen) atoms. The summed E-state index contributed by atoms with van der Waals surface area (Å²) in [6, 6.07) is 67.1. The Morgan fingerprint density at radius 1 is 0.321 bits per heavy atom. The Morgan fingerprint density at radius 3 is 1.68 bits per heavy atom. The van der Waals surface area contributed by atoms with Crippen LogP contribution in [-0.2, 0) is 5.41 Å². The first-order chi connectivity index (χ1) is 27.5. The molecule has 0 radical (unpaired) electrons. The smallest absolute Gasteiger partial charge is 0.143 e. The van der Waals surface area contributed by atoms with Crippen LogP contribution < -0.4 is 0 Å². The molecule has 1 heterocycles. The highest BCUT2D eigenvalue weighted by Crippen LogP contribution is 2.58. The Labute approximate surface area is 325 Å². The van der Waals surface area contributed by atoms with Gasteiger partial charge in [0.25, 0.3) is 0 Å². The lowest BCUT2D eigenvalue weighted by Crippen LogP contribution is -2.14. The molecule has 0 atom stereocenters. The van der Waals surface area contributed by atoms with Gasteiger partial charge in [0.15, 0.2) is 0 Å². The van der Waals surface area contributed by atoms with Crippen LogP contribution in [0.3, 0.4) is 0 Å². The third kappa shape index (κ3) is 4.31. The number of furan rings is 1. The highest BCUT2D eigenvalue weighted by atomic mass is 16.3. The second kappa shape index (κ2) is 11.5. The Morgan fingerprint density at radius 2 is 0.911 bits per heavy atom. The maximum absolute atomic E-state index is 7.27. The zero-order valence-corrected chi connectivity index (χ0v) is 31.2. The minimum absolute atomic E-state index is 0.190. The van der Waals surface area contributed by atoms with E-state index in [0.29, 0.717) is 0 Å². The topological polar surface area (TPSA) is 13.1 Å². The Kier molecular flexibility index (Phi) is 6.46. The molecule has 262 valence electrons. The van der Waals surface area contributed by atoms with Gasteiger partial charge in [0.05, 0.1) is 0 Å². The molecule has 0 fully saturated rings. The van der Waals surface area contributed by atoms with Gasteiger partial charge in [-0.3, -0.25) is 0 Å². The van der Waals surface area contributed by atoms with Gasteiger partial charge in [-0.2, -0.15) is 0 Å². The molecule has 10 aromatic carbocycles. The van der Waals surface area contributed by atoms with Gasteiger partial charge in [-0.25, -0.2) is 0 Å². The SMILES string of the molecule is CC1(C)c2ccccc2-c2c1cc1c(oc3c4ccccc4ccc13)c2-c1c2ccccc2c(-c2cccc(-c3ccc4ccccc4c3)c2)c2ccccc12. The molecule has 0 bridgehead atoms. The maximum atomic E-state index is 7.27. The van der Waals surface area contributed by atoms with Crippen molar-refractivity contribution in [2.75, 3.05) is 0 Å². The summed E-state index contributed by atoms with van der Waals surface area (Å²) in [6.07, 6.45) is 0. The van der Waals surface area contributed by atoms with Crippen molar-refractivity contribution in [1.29, 1.82) is 0 Å². The Balaban J connectivity index is 1.21. The molecule has 11 aromatic rings. The number of hydrogen-bond acceptors (Lipinski definition) is 1. The molecule has 0 spiro atoms. The molecule has 12 rings (SSSR count). The van der Waals surface area contributed by atoms with Gasteiger partial charge >= 0.3 is 0 Å². The van der Waals surface area contributed by atoms with E-state index in [4.69, 9.17) is 4.42 Å². The summed E-state index contributed by atoms with van der Waals surface area (Å²) < 4.78 is 7.27. The van der Waals surface area contributed by atoms with Crippen LogP contribution in [-0.4, -0.2) is 0 Å². The van der Waals surface area contributed by atoms with Crippen molar-refractivity contribution in [2.24, 2.45) is 0 Å². The molecule has 0 saturated carbocycles. The minimum atomic E-state index is -0.190. The molecular weight excluding hydrogens is 677 g/mol. The van der Waals surface area contributed by atoms with E-state index in [9.17, 15) is 0 Å². The fourth-order valence-electron chi connectivity index (χ4n) is 9.97. The van der Waals surface area contributed by atoms with Crippen LogP contribution in [0.2, 0.25) is 0 Å². The highest BCUT2D eigenvalue weighted by Gasteiger charge is 2.39. The molecule has 1 nitrogen and oxygen atoms in total. The molecule has 0 saturated heterocycles. The molecule has 1 aromatic heterocycles. The van der Waals surface area contributed by atoms with Crippen molar-refractivity contribution in [1.82, 2.24) is 0 Å². The lowest BCUT2D eigenvalue weighted by Gasteiger charge is -2.23. The standard InChI is InChI=1S/C55H36O/c1-55(2)47-25-12-11-24-45(47)51-48(55)32-46-44-29-28-34-15-5-6-19-39(34)53(44)56-54(46)52(51)50-42-22-9-7-20-40(42)49(41-21-8-10-23-43(41)50)38-18-13-17-36(31-38)37-27-26-33-14-3-4-16-35(33)30-37/h3-32H,1-2H3. The van der Waals surface area contributed by atoms with Gasteiger partial charge in [0, 0.05) is 32.7 Å². The first kappa shape index (κ1) is 31.4. The van der Waals surface area contributed by atoms with E-state index in [1.54, 1.807) is 0 Å². The van der Waals surface area contributed by atoms with Crippen LogP contribution >= 0.6 is 0 Å². The van der Waals surface area contributed by atoms with Crippen LogP contribution in [0.25, 0.3) is 110 Å². The quantitative estimate of drug-likeness (QED) is 0.166. The third-order valence-corrected chi connectivity index (χ3v) is 12.6. The lowest BCUT2D eigenvalue weighted by atomic mass is 9.79. The number of rotatable bonds is 3. The van der Waals surface area contributed by atoms with Crippen molar-refractivity contribution in [3.63, 3.8) is 0 Å². The second-order valence-corrected chi connectivity index (χ2v) is 16.0. The van der Waals surface area contributed by atoms with Crippen molar-refractivity contribution < 1.29 is 4.42 Å². The van der Waals surface area contributed by atoms with E-state index in [-0.39, 0.29) is 5.41 Å². The van der Waals surface area contributed by atoms with Crippen LogP contribution in [0.1, 0.15) is 25.0 Å². The maximum Gasteiger partial charge on any atom is 0.143 e. The molecule has 1 heteroatoms. The Bertz CT molecular complexity index is 3390. The van der Waals surface area contributed by atoms with Crippen LogP contribution in [0.15, 0.2) is 186 Å². The van der Waals surface area contributed by atoms with Gasteiger partial charge in [0.2, 0.25) is 0 Å². The second-order valence-electron chi connectivity index (χ2n) is 16.0. The number of fused-ring (bicyclic) bond motifs is 11. The summed E-state index contributed by atoms with van der Waals surface area (Å²) in [4.78, 5) is 0. The zero-order chi connectivity index (χ0) is 37.1. The van der Waals surface area contributed by atoms with E-state index in [2.05, 4.69) is 196 Å². The Hall–Kier alpha value is -6.96. The number of hydrogen-bond donors (Lipinski definition) is 0. The van der Waals surface area contributed by atoms with Gasteiger partial charge in [-0.15, -0.1) is 0 Å². The molecular formula is C55H36O. The fourth-order valence-corrected chi connectivity index (χ4v) is 9.97. The van der Waals surface area contributed by atoms with Gasteiger partial charge in [-0.05, 0) is 106 Å². The predicted molar refractivity (Wildman–Crippen MR) is 238 cm³/mol. The van der Waals surface area contributed by atoms with E-state index >= 15 is 0 Å². The van der Waals surface area contributed by atoms with Crippen molar-refractivity contribution in [2.45, 2.75) is 19.3 Å². The van der Waals surface area contributed by atoms with Crippen molar-refractivity contribution in [3.05, 3.63) is 193 Å². The summed E-state index contributed by atoms with van der Waals surface area (Å²) >= 11 is 0. The highest BCUT2D eigenvalue weighted by molar-refractivity contribution is 6.28. The molecule has 1 aliphatic rings. The van der Waals surface area contributed by atoms with E-state index in [1.165, 1.54) is 98.7 Å². The molecule has 1 aliphatic carbocycles. The molecule has 0 amide bonds. The lowest BCUT2D eigenvalue weighted by molar-refractivity contribution is 0.659. The zero-order valence-electron chi connectivity index (χ0n) is 31.2. The van der Waals surface area contributed by atoms with Gasteiger partial charge < -0.3 is 4.42 Å². The van der Waals surface area contributed by atoms with Crippen LogP contribution in [0.4, 0.5) is 0 Å². The summed E-state index contributed by atoms with van der Waals surface area (Å²) in [6.45, 7) is 4.76.